The maximum absolute atomic E-state index is 12.8. The first-order valence-electron chi connectivity index (χ1n) is 11.1. The van der Waals surface area contributed by atoms with E-state index in [1.807, 2.05) is 50.2 Å². The van der Waals surface area contributed by atoms with Crippen molar-refractivity contribution in [3.05, 3.63) is 60.7 Å². The van der Waals surface area contributed by atoms with Gasteiger partial charge in [-0.15, -0.1) is 24.0 Å². The van der Waals surface area contributed by atoms with Gasteiger partial charge in [-0.1, -0.05) is 43.3 Å². The number of hydrogen-bond donors (Lipinski definition) is 1. The molecule has 0 radical (unpaired) electrons. The Bertz CT molecular complexity index is 931. The van der Waals surface area contributed by atoms with Crippen LogP contribution in [0.2, 0.25) is 0 Å². The number of para-hydroxylation sites is 1. The number of guanidine groups is 1. The molecule has 1 heterocycles. The lowest BCUT2D eigenvalue weighted by atomic mass is 10.1. The van der Waals surface area contributed by atoms with Gasteiger partial charge in [0, 0.05) is 38.5 Å². The summed E-state index contributed by atoms with van der Waals surface area (Å²) >= 11 is 0. The predicted molar refractivity (Wildman–Crippen MR) is 141 cm³/mol. The zero-order chi connectivity index (χ0) is 22.1. The fourth-order valence-corrected chi connectivity index (χ4v) is 5.31. The number of benzene rings is 2. The number of hydrogen-bond acceptors (Lipinski definition) is 4. The number of sulfone groups is 1. The van der Waals surface area contributed by atoms with E-state index in [1.165, 1.54) is 0 Å². The quantitative estimate of drug-likeness (QED) is 0.290. The molecule has 2 aromatic carbocycles. The third-order valence-electron chi connectivity index (χ3n) is 5.44. The largest absolute Gasteiger partial charge is 0.490 e. The van der Waals surface area contributed by atoms with Crippen molar-refractivity contribution in [1.29, 1.82) is 0 Å². The van der Waals surface area contributed by atoms with E-state index in [4.69, 9.17) is 4.74 Å². The van der Waals surface area contributed by atoms with E-state index in [-0.39, 0.29) is 41.9 Å². The normalized spacial score (nSPS) is 16.2. The molecule has 0 aromatic heterocycles. The number of aliphatic imine (C=N–C) groups is 1. The summed E-state index contributed by atoms with van der Waals surface area (Å²) in [5.41, 5.74) is 0. The molecule has 0 aliphatic carbocycles. The molecule has 2 aromatic rings. The lowest BCUT2D eigenvalue weighted by Crippen LogP contribution is -2.51. The van der Waals surface area contributed by atoms with Crippen molar-refractivity contribution in [2.45, 2.75) is 50.2 Å². The van der Waals surface area contributed by atoms with Crippen molar-refractivity contribution in [2.24, 2.45) is 4.99 Å². The Morgan fingerprint density at radius 2 is 1.66 bits per heavy atom. The van der Waals surface area contributed by atoms with Crippen LogP contribution < -0.4 is 10.1 Å². The van der Waals surface area contributed by atoms with Crippen LogP contribution in [-0.4, -0.2) is 56.8 Å². The second kappa shape index (κ2) is 13.0. The van der Waals surface area contributed by atoms with Crippen molar-refractivity contribution in [3.63, 3.8) is 0 Å². The molecule has 0 saturated carbocycles. The minimum absolute atomic E-state index is 0. The molecule has 1 unspecified atom stereocenters. The Hall–Kier alpha value is -1.81. The highest BCUT2D eigenvalue weighted by Crippen LogP contribution is 2.19. The van der Waals surface area contributed by atoms with Gasteiger partial charge in [0.1, 0.15) is 11.9 Å². The van der Waals surface area contributed by atoms with Crippen molar-refractivity contribution >= 4 is 39.8 Å². The highest BCUT2D eigenvalue weighted by molar-refractivity contribution is 14.0. The minimum Gasteiger partial charge on any atom is -0.490 e. The standard InChI is InChI=1S/C24H33N3O3S.HI/c1-3-20(19-31(28,29)23-13-9-6-10-14-23)26-24(25-4-2)27-17-15-22(16-18-27)30-21-11-7-5-8-12-21;/h5-14,20,22H,3-4,15-19H2,1-2H3,(H,25,26);1H. The molecule has 1 saturated heterocycles. The first-order valence-corrected chi connectivity index (χ1v) is 12.7. The Morgan fingerprint density at radius 1 is 1.06 bits per heavy atom. The summed E-state index contributed by atoms with van der Waals surface area (Å²) in [6.07, 6.45) is 2.68. The topological polar surface area (TPSA) is 71.0 Å². The summed E-state index contributed by atoms with van der Waals surface area (Å²) in [5.74, 6) is 1.73. The second-order valence-electron chi connectivity index (χ2n) is 7.76. The molecule has 1 aliphatic rings. The maximum atomic E-state index is 12.8. The van der Waals surface area contributed by atoms with Crippen molar-refractivity contribution in [1.82, 2.24) is 10.2 Å². The van der Waals surface area contributed by atoms with Crippen LogP contribution in [0.3, 0.4) is 0 Å². The molecule has 1 fully saturated rings. The van der Waals surface area contributed by atoms with Crippen LogP contribution >= 0.6 is 24.0 Å². The van der Waals surface area contributed by atoms with Gasteiger partial charge in [-0.3, -0.25) is 4.99 Å². The van der Waals surface area contributed by atoms with Crippen LogP contribution in [0.5, 0.6) is 5.75 Å². The van der Waals surface area contributed by atoms with E-state index in [1.54, 1.807) is 24.3 Å². The molecule has 1 N–H and O–H groups in total. The van der Waals surface area contributed by atoms with Gasteiger partial charge in [-0.05, 0) is 37.6 Å². The van der Waals surface area contributed by atoms with Gasteiger partial charge in [-0.25, -0.2) is 8.42 Å². The van der Waals surface area contributed by atoms with E-state index < -0.39 is 9.84 Å². The van der Waals surface area contributed by atoms with Crippen molar-refractivity contribution in [3.8, 4) is 5.75 Å². The Kier molecular flexibility index (Phi) is 10.8. The van der Waals surface area contributed by atoms with Crippen LogP contribution in [0.1, 0.15) is 33.1 Å². The van der Waals surface area contributed by atoms with Crippen LogP contribution in [0.15, 0.2) is 70.6 Å². The number of nitrogens with one attached hydrogen (secondary N) is 1. The van der Waals surface area contributed by atoms with Gasteiger partial charge in [0.05, 0.1) is 10.6 Å². The van der Waals surface area contributed by atoms with Gasteiger partial charge in [0.25, 0.3) is 0 Å². The molecule has 32 heavy (non-hydrogen) atoms. The zero-order valence-corrected chi connectivity index (χ0v) is 22.0. The monoisotopic (exact) mass is 571 g/mol. The summed E-state index contributed by atoms with van der Waals surface area (Å²) in [4.78, 5) is 7.22. The van der Waals surface area contributed by atoms with Crippen molar-refractivity contribution in [2.75, 3.05) is 25.4 Å². The Balaban J connectivity index is 0.00000363. The first kappa shape index (κ1) is 26.4. The highest BCUT2D eigenvalue weighted by Gasteiger charge is 2.26. The van der Waals surface area contributed by atoms with Gasteiger partial charge in [-0.2, -0.15) is 0 Å². The molecule has 0 spiro atoms. The van der Waals surface area contributed by atoms with Gasteiger partial charge in [0.15, 0.2) is 15.8 Å². The van der Waals surface area contributed by atoms with E-state index in [0.717, 1.165) is 37.6 Å². The third kappa shape index (κ3) is 7.65. The van der Waals surface area contributed by atoms with E-state index in [9.17, 15) is 8.42 Å². The lowest BCUT2D eigenvalue weighted by Gasteiger charge is -2.35. The second-order valence-corrected chi connectivity index (χ2v) is 9.79. The van der Waals surface area contributed by atoms with Crippen LogP contribution in [-0.2, 0) is 9.84 Å². The van der Waals surface area contributed by atoms with E-state index >= 15 is 0 Å². The minimum atomic E-state index is -3.36. The summed E-state index contributed by atoms with van der Waals surface area (Å²) in [6.45, 7) is 6.29. The summed E-state index contributed by atoms with van der Waals surface area (Å²) in [6, 6.07) is 18.4. The number of halogens is 1. The molecule has 1 aliphatic heterocycles. The Labute approximate surface area is 209 Å². The molecule has 8 heteroatoms. The third-order valence-corrected chi connectivity index (χ3v) is 7.28. The maximum Gasteiger partial charge on any atom is 0.194 e. The van der Waals surface area contributed by atoms with Gasteiger partial charge in [0.2, 0.25) is 0 Å². The highest BCUT2D eigenvalue weighted by atomic mass is 127. The van der Waals surface area contributed by atoms with Gasteiger partial charge < -0.3 is 15.0 Å². The molecule has 1 atom stereocenters. The van der Waals surface area contributed by atoms with Crippen LogP contribution in [0, 0.1) is 0 Å². The van der Waals surface area contributed by atoms with Crippen LogP contribution in [0.25, 0.3) is 0 Å². The molecule has 3 rings (SSSR count). The summed E-state index contributed by atoms with van der Waals surface area (Å²) in [7, 11) is -3.36. The SMILES string of the molecule is CCN=C(NC(CC)CS(=O)(=O)c1ccccc1)N1CCC(Oc2ccccc2)CC1.I. The average molecular weight is 572 g/mol. The number of ether oxygens (including phenoxy) is 1. The fourth-order valence-electron chi connectivity index (χ4n) is 3.70. The molecule has 6 nitrogen and oxygen atoms in total. The van der Waals surface area contributed by atoms with Crippen LogP contribution in [0.4, 0.5) is 0 Å². The number of rotatable bonds is 8. The molecular formula is C24H34IN3O3S. The molecule has 0 bridgehead atoms. The average Bonchev–Trinajstić information content (AvgIpc) is 2.80. The van der Waals surface area contributed by atoms with E-state index in [0.29, 0.717) is 17.9 Å². The van der Waals surface area contributed by atoms with Crippen molar-refractivity contribution < 1.29 is 13.2 Å². The number of likely N-dealkylation sites (tertiary alicyclic amines) is 1. The fraction of sp³-hybridized carbons (Fsp3) is 0.458. The molecule has 176 valence electrons. The lowest BCUT2D eigenvalue weighted by molar-refractivity contribution is 0.129. The first-order chi connectivity index (χ1) is 15.0. The summed E-state index contributed by atoms with van der Waals surface area (Å²) < 4.78 is 31.7. The zero-order valence-electron chi connectivity index (χ0n) is 18.8. The Morgan fingerprint density at radius 3 is 2.22 bits per heavy atom. The number of piperidine rings is 1. The van der Waals surface area contributed by atoms with E-state index in [2.05, 4.69) is 15.2 Å². The predicted octanol–water partition coefficient (Wildman–Crippen LogP) is 4.37. The van der Waals surface area contributed by atoms with Gasteiger partial charge >= 0.3 is 0 Å². The number of nitrogens with zero attached hydrogens (tertiary/aromatic N) is 2. The molecule has 0 amide bonds. The smallest absolute Gasteiger partial charge is 0.194 e. The molecular weight excluding hydrogens is 537 g/mol. The summed E-state index contributed by atoms with van der Waals surface area (Å²) in [5, 5.41) is 3.42.